The van der Waals surface area contributed by atoms with Crippen molar-refractivity contribution in [1.82, 2.24) is 15.0 Å². The summed E-state index contributed by atoms with van der Waals surface area (Å²) < 4.78 is 0.705. The fourth-order valence-corrected chi connectivity index (χ4v) is 2.37. The summed E-state index contributed by atoms with van der Waals surface area (Å²) >= 11 is 21.3. The maximum atomic E-state index is 6.14. The summed E-state index contributed by atoms with van der Waals surface area (Å²) in [7, 11) is 0. The number of nitrogens with zero attached hydrogens (tertiary/aromatic N) is 3. The maximum absolute atomic E-state index is 6.14. The second-order valence-electron chi connectivity index (χ2n) is 3.63. The highest BCUT2D eigenvalue weighted by Gasteiger charge is 2.11. The van der Waals surface area contributed by atoms with Gasteiger partial charge in [-0.1, -0.05) is 23.2 Å². The first-order valence-corrected chi connectivity index (χ1v) is 7.50. The van der Waals surface area contributed by atoms with Crippen LogP contribution in [0.4, 0.5) is 17.6 Å². The first-order valence-electron chi connectivity index (χ1n) is 5.57. The molecular weight excluding hydrogens is 388 g/mol. The van der Waals surface area contributed by atoms with Crippen LogP contribution in [0.3, 0.4) is 0 Å². The first kappa shape index (κ1) is 15.6. The summed E-state index contributed by atoms with van der Waals surface area (Å²) in [4.78, 5) is 12.1. The molecule has 0 aliphatic heterocycles. The lowest BCUT2D eigenvalue weighted by Gasteiger charge is -2.10. The van der Waals surface area contributed by atoms with Crippen LogP contribution in [-0.4, -0.2) is 21.5 Å². The average molecular weight is 397 g/mol. The molecule has 0 saturated heterocycles. The Kier molecular flexibility index (Phi) is 5.26. The first-order chi connectivity index (χ1) is 9.51. The van der Waals surface area contributed by atoms with E-state index in [-0.39, 0.29) is 11.2 Å². The van der Waals surface area contributed by atoms with E-state index in [4.69, 9.17) is 34.8 Å². The maximum Gasteiger partial charge on any atom is 0.233 e. The Labute approximate surface area is 139 Å². The second-order valence-corrected chi connectivity index (χ2v) is 5.58. The molecule has 106 valence electrons. The zero-order valence-electron chi connectivity index (χ0n) is 10.2. The van der Waals surface area contributed by atoms with Gasteiger partial charge in [0.15, 0.2) is 0 Å². The van der Waals surface area contributed by atoms with Gasteiger partial charge in [-0.05, 0) is 46.6 Å². The predicted molar refractivity (Wildman–Crippen MR) is 86.4 cm³/mol. The minimum absolute atomic E-state index is 0.0813. The van der Waals surface area contributed by atoms with Gasteiger partial charge in [0.2, 0.25) is 17.2 Å². The van der Waals surface area contributed by atoms with Crippen LogP contribution in [-0.2, 0) is 0 Å². The lowest BCUT2D eigenvalue weighted by atomic mass is 10.3. The van der Waals surface area contributed by atoms with Gasteiger partial charge in [0.05, 0.1) is 15.7 Å². The number of hydrogen-bond acceptors (Lipinski definition) is 5. The quantitative estimate of drug-likeness (QED) is 0.728. The van der Waals surface area contributed by atoms with Crippen molar-refractivity contribution in [1.29, 1.82) is 0 Å². The molecule has 2 aromatic rings. The van der Waals surface area contributed by atoms with Gasteiger partial charge in [-0.3, -0.25) is 0 Å². The van der Waals surface area contributed by atoms with E-state index in [0.29, 0.717) is 32.7 Å². The summed E-state index contributed by atoms with van der Waals surface area (Å²) in [5.74, 6) is 0.663. The SMILES string of the molecule is CCNc1nc(Cl)nc(Nc2ccc(Br)c(Cl)c2Cl)n1. The lowest BCUT2D eigenvalue weighted by molar-refractivity contribution is 1.02. The molecule has 0 fully saturated rings. The third kappa shape index (κ3) is 3.63. The largest absolute Gasteiger partial charge is 0.354 e. The third-order valence-electron chi connectivity index (χ3n) is 2.22. The van der Waals surface area contributed by atoms with Crippen LogP contribution in [0.25, 0.3) is 0 Å². The number of rotatable bonds is 4. The highest BCUT2D eigenvalue weighted by molar-refractivity contribution is 9.10. The zero-order valence-corrected chi connectivity index (χ0v) is 14.1. The van der Waals surface area contributed by atoms with Crippen LogP contribution in [0.1, 0.15) is 6.92 Å². The summed E-state index contributed by atoms with van der Waals surface area (Å²) in [6.07, 6.45) is 0. The van der Waals surface area contributed by atoms with Gasteiger partial charge in [-0.25, -0.2) is 0 Å². The van der Waals surface area contributed by atoms with Crippen molar-refractivity contribution >= 4 is 68.3 Å². The fraction of sp³-hybridized carbons (Fsp3) is 0.182. The van der Waals surface area contributed by atoms with Gasteiger partial charge < -0.3 is 10.6 Å². The van der Waals surface area contributed by atoms with Crippen molar-refractivity contribution in [3.8, 4) is 0 Å². The van der Waals surface area contributed by atoms with Crippen molar-refractivity contribution in [3.05, 3.63) is 31.9 Å². The molecule has 2 rings (SSSR count). The molecule has 9 heteroatoms. The van der Waals surface area contributed by atoms with Gasteiger partial charge in [0.1, 0.15) is 0 Å². The standard InChI is InChI=1S/C11H9BrCl3N5/c1-2-16-10-18-9(15)19-11(20-10)17-6-4-3-5(12)7(13)8(6)14/h3-4H,2H2,1H3,(H2,16,17,18,19,20). The van der Waals surface area contributed by atoms with Crippen molar-refractivity contribution < 1.29 is 0 Å². The zero-order chi connectivity index (χ0) is 14.7. The molecule has 1 heterocycles. The Morgan fingerprint density at radius 1 is 1.05 bits per heavy atom. The van der Waals surface area contributed by atoms with Gasteiger partial charge >= 0.3 is 0 Å². The Morgan fingerprint density at radius 3 is 2.45 bits per heavy atom. The number of anilines is 3. The van der Waals surface area contributed by atoms with E-state index in [1.54, 1.807) is 12.1 Å². The van der Waals surface area contributed by atoms with E-state index in [1.165, 1.54) is 0 Å². The molecular formula is C11H9BrCl3N5. The Balaban J connectivity index is 2.32. The highest BCUT2D eigenvalue weighted by Crippen LogP contribution is 2.36. The van der Waals surface area contributed by atoms with Crippen LogP contribution >= 0.6 is 50.7 Å². The molecule has 5 nitrogen and oxygen atoms in total. The van der Waals surface area contributed by atoms with Gasteiger partial charge in [0, 0.05) is 11.0 Å². The molecule has 1 aromatic carbocycles. The predicted octanol–water partition coefficient (Wildman–Crippen LogP) is 4.77. The molecule has 0 aliphatic rings. The van der Waals surface area contributed by atoms with Crippen LogP contribution in [0.2, 0.25) is 15.3 Å². The Hall–Kier alpha value is -0.820. The van der Waals surface area contributed by atoms with E-state index < -0.39 is 0 Å². The highest BCUT2D eigenvalue weighted by atomic mass is 79.9. The number of hydrogen-bond donors (Lipinski definition) is 2. The van der Waals surface area contributed by atoms with Crippen molar-refractivity contribution in [2.45, 2.75) is 6.92 Å². The molecule has 0 saturated carbocycles. The van der Waals surface area contributed by atoms with Crippen molar-refractivity contribution in [3.63, 3.8) is 0 Å². The third-order valence-corrected chi connectivity index (χ3v) is 4.16. The minimum atomic E-state index is 0.0813. The molecule has 0 amide bonds. The number of benzene rings is 1. The second kappa shape index (κ2) is 6.76. The number of nitrogens with one attached hydrogen (secondary N) is 2. The molecule has 0 bridgehead atoms. The van der Waals surface area contributed by atoms with Crippen LogP contribution in [0, 0.1) is 0 Å². The van der Waals surface area contributed by atoms with E-state index in [9.17, 15) is 0 Å². The summed E-state index contributed by atoms with van der Waals surface area (Å²) in [5.41, 5.74) is 0.574. The van der Waals surface area contributed by atoms with Crippen LogP contribution < -0.4 is 10.6 Å². The van der Waals surface area contributed by atoms with Crippen LogP contribution in [0.5, 0.6) is 0 Å². The molecule has 1 aromatic heterocycles. The molecule has 2 N–H and O–H groups in total. The Morgan fingerprint density at radius 2 is 1.75 bits per heavy atom. The van der Waals surface area contributed by atoms with E-state index in [2.05, 4.69) is 41.5 Å². The summed E-state index contributed by atoms with van der Waals surface area (Å²) in [6.45, 7) is 2.60. The van der Waals surface area contributed by atoms with E-state index >= 15 is 0 Å². The van der Waals surface area contributed by atoms with E-state index in [1.807, 2.05) is 6.92 Å². The molecule has 0 unspecified atom stereocenters. The fourth-order valence-electron chi connectivity index (χ4n) is 1.39. The molecule has 0 aliphatic carbocycles. The topological polar surface area (TPSA) is 62.7 Å². The van der Waals surface area contributed by atoms with Gasteiger partial charge in [-0.2, -0.15) is 15.0 Å². The molecule has 20 heavy (non-hydrogen) atoms. The van der Waals surface area contributed by atoms with Crippen LogP contribution in [0.15, 0.2) is 16.6 Å². The molecule has 0 spiro atoms. The van der Waals surface area contributed by atoms with Crippen molar-refractivity contribution in [2.75, 3.05) is 17.2 Å². The van der Waals surface area contributed by atoms with E-state index in [0.717, 1.165) is 0 Å². The summed E-state index contributed by atoms with van der Waals surface area (Å²) in [5, 5.41) is 6.76. The number of halogens is 4. The Bertz CT molecular complexity index is 638. The van der Waals surface area contributed by atoms with Crippen molar-refractivity contribution in [2.24, 2.45) is 0 Å². The van der Waals surface area contributed by atoms with Gasteiger partial charge in [0.25, 0.3) is 0 Å². The normalized spacial score (nSPS) is 10.4. The molecule has 0 atom stereocenters. The molecule has 0 radical (unpaired) electrons. The average Bonchev–Trinajstić information content (AvgIpc) is 2.39. The van der Waals surface area contributed by atoms with Gasteiger partial charge in [-0.15, -0.1) is 0 Å². The number of aromatic nitrogens is 3. The lowest BCUT2D eigenvalue weighted by Crippen LogP contribution is -2.06. The smallest absolute Gasteiger partial charge is 0.233 e. The summed E-state index contributed by atoms with van der Waals surface area (Å²) in [6, 6.07) is 3.52. The monoisotopic (exact) mass is 395 g/mol. The minimum Gasteiger partial charge on any atom is -0.354 e.